The monoisotopic (exact) mass is 319 g/mol. The molecule has 2 aliphatic heterocycles. The van der Waals surface area contributed by atoms with Gasteiger partial charge in [0.1, 0.15) is 6.10 Å². The standard InChI is InChI=1S/C17H25N3O3/c21-17(16-2-1-11-23-16)19-15-5-3-14(4-6-15)18-7-8-20-9-12-22-13-10-20/h3-6,16,18H,1-2,7-13H2,(H,19,21). The summed E-state index contributed by atoms with van der Waals surface area (Å²) >= 11 is 0. The number of amides is 1. The first-order valence-electron chi connectivity index (χ1n) is 8.38. The third-order valence-corrected chi connectivity index (χ3v) is 4.24. The lowest BCUT2D eigenvalue weighted by Gasteiger charge is -2.26. The van der Waals surface area contributed by atoms with Crippen molar-refractivity contribution in [1.82, 2.24) is 4.90 Å². The molecule has 126 valence electrons. The molecule has 23 heavy (non-hydrogen) atoms. The van der Waals surface area contributed by atoms with Crippen LogP contribution in [0.3, 0.4) is 0 Å². The predicted molar refractivity (Wildman–Crippen MR) is 89.8 cm³/mol. The molecule has 0 aliphatic carbocycles. The molecule has 0 spiro atoms. The van der Waals surface area contributed by atoms with Crippen molar-refractivity contribution >= 4 is 17.3 Å². The van der Waals surface area contributed by atoms with Gasteiger partial charge in [-0.2, -0.15) is 0 Å². The number of hydrogen-bond acceptors (Lipinski definition) is 5. The maximum absolute atomic E-state index is 12.0. The van der Waals surface area contributed by atoms with Gasteiger partial charge in [-0.15, -0.1) is 0 Å². The lowest BCUT2D eigenvalue weighted by molar-refractivity contribution is -0.124. The average molecular weight is 319 g/mol. The Balaban J connectivity index is 1.40. The molecule has 1 unspecified atom stereocenters. The Morgan fingerprint density at radius 3 is 2.57 bits per heavy atom. The van der Waals surface area contributed by atoms with Gasteiger partial charge in [-0.1, -0.05) is 0 Å². The van der Waals surface area contributed by atoms with E-state index in [-0.39, 0.29) is 12.0 Å². The van der Waals surface area contributed by atoms with E-state index < -0.39 is 0 Å². The molecule has 0 bridgehead atoms. The van der Waals surface area contributed by atoms with Crippen LogP contribution in [0.25, 0.3) is 0 Å². The van der Waals surface area contributed by atoms with Crippen molar-refractivity contribution in [1.29, 1.82) is 0 Å². The lowest BCUT2D eigenvalue weighted by atomic mass is 10.2. The maximum atomic E-state index is 12.0. The van der Waals surface area contributed by atoms with Crippen LogP contribution in [0.4, 0.5) is 11.4 Å². The van der Waals surface area contributed by atoms with Gasteiger partial charge >= 0.3 is 0 Å². The van der Waals surface area contributed by atoms with Crippen molar-refractivity contribution in [3.8, 4) is 0 Å². The molecular formula is C17H25N3O3. The zero-order valence-electron chi connectivity index (χ0n) is 13.4. The number of hydrogen-bond donors (Lipinski definition) is 2. The van der Waals surface area contributed by atoms with E-state index >= 15 is 0 Å². The van der Waals surface area contributed by atoms with Gasteiger partial charge in [0.15, 0.2) is 0 Å². The van der Waals surface area contributed by atoms with Gasteiger partial charge in [0.25, 0.3) is 5.91 Å². The highest BCUT2D eigenvalue weighted by molar-refractivity contribution is 5.94. The van der Waals surface area contributed by atoms with Gasteiger partial charge in [0.05, 0.1) is 13.2 Å². The topological polar surface area (TPSA) is 62.8 Å². The highest BCUT2D eigenvalue weighted by Gasteiger charge is 2.23. The Morgan fingerprint density at radius 1 is 1.13 bits per heavy atom. The van der Waals surface area contributed by atoms with Gasteiger partial charge in [0.2, 0.25) is 0 Å². The summed E-state index contributed by atoms with van der Waals surface area (Å²) in [6.07, 6.45) is 1.48. The van der Waals surface area contributed by atoms with E-state index in [4.69, 9.17) is 9.47 Å². The summed E-state index contributed by atoms with van der Waals surface area (Å²) in [6, 6.07) is 7.82. The fourth-order valence-electron chi connectivity index (χ4n) is 2.86. The number of ether oxygens (including phenoxy) is 2. The second-order valence-electron chi connectivity index (χ2n) is 5.95. The molecule has 2 saturated heterocycles. The molecule has 0 aromatic heterocycles. The predicted octanol–water partition coefficient (Wildman–Crippen LogP) is 1.55. The molecule has 6 nitrogen and oxygen atoms in total. The third kappa shape index (κ3) is 4.92. The first-order valence-corrected chi connectivity index (χ1v) is 8.38. The van der Waals surface area contributed by atoms with Gasteiger partial charge in [-0.3, -0.25) is 9.69 Å². The molecule has 1 amide bonds. The Hall–Kier alpha value is -1.63. The third-order valence-electron chi connectivity index (χ3n) is 4.24. The molecule has 2 fully saturated rings. The highest BCUT2D eigenvalue weighted by atomic mass is 16.5. The van der Waals surface area contributed by atoms with Crippen LogP contribution < -0.4 is 10.6 Å². The van der Waals surface area contributed by atoms with E-state index in [0.717, 1.165) is 63.6 Å². The van der Waals surface area contributed by atoms with Crippen LogP contribution in [-0.2, 0) is 14.3 Å². The van der Waals surface area contributed by atoms with Crippen molar-refractivity contribution in [2.45, 2.75) is 18.9 Å². The number of carbonyl (C=O) groups excluding carboxylic acids is 1. The smallest absolute Gasteiger partial charge is 0.253 e. The first-order chi connectivity index (χ1) is 11.3. The van der Waals surface area contributed by atoms with Crippen LogP contribution in [-0.4, -0.2) is 62.9 Å². The number of benzene rings is 1. The highest BCUT2D eigenvalue weighted by Crippen LogP contribution is 2.17. The molecule has 1 atom stereocenters. The number of rotatable bonds is 6. The molecular weight excluding hydrogens is 294 g/mol. The van der Waals surface area contributed by atoms with Gasteiger partial charge in [0, 0.05) is 44.2 Å². The second-order valence-corrected chi connectivity index (χ2v) is 5.95. The number of nitrogens with one attached hydrogen (secondary N) is 2. The van der Waals surface area contributed by atoms with Crippen molar-refractivity contribution in [2.24, 2.45) is 0 Å². The fraction of sp³-hybridized carbons (Fsp3) is 0.588. The van der Waals surface area contributed by atoms with Crippen molar-refractivity contribution in [3.05, 3.63) is 24.3 Å². The SMILES string of the molecule is O=C(Nc1ccc(NCCN2CCOCC2)cc1)C1CCCO1. The minimum atomic E-state index is -0.290. The Kier molecular flexibility index (Phi) is 5.85. The van der Waals surface area contributed by atoms with Crippen molar-refractivity contribution in [2.75, 3.05) is 56.6 Å². The van der Waals surface area contributed by atoms with Crippen molar-refractivity contribution in [3.63, 3.8) is 0 Å². The summed E-state index contributed by atoms with van der Waals surface area (Å²) < 4.78 is 10.7. The Bertz CT molecular complexity index is 494. The summed E-state index contributed by atoms with van der Waals surface area (Å²) in [4.78, 5) is 14.4. The second kappa shape index (κ2) is 8.29. The van der Waals surface area contributed by atoms with Crippen LogP contribution in [0.15, 0.2) is 24.3 Å². The van der Waals surface area contributed by atoms with Crippen molar-refractivity contribution < 1.29 is 14.3 Å². The Morgan fingerprint density at radius 2 is 1.87 bits per heavy atom. The fourth-order valence-corrected chi connectivity index (χ4v) is 2.86. The molecule has 1 aromatic rings. The molecule has 0 radical (unpaired) electrons. The molecule has 0 saturated carbocycles. The Labute approximate surface area is 137 Å². The molecule has 2 heterocycles. The number of nitrogens with zero attached hydrogens (tertiary/aromatic N) is 1. The molecule has 6 heteroatoms. The van der Waals surface area contributed by atoms with Crippen LogP contribution in [0.5, 0.6) is 0 Å². The largest absolute Gasteiger partial charge is 0.384 e. The van der Waals surface area contributed by atoms with Crippen LogP contribution in [0.2, 0.25) is 0 Å². The minimum Gasteiger partial charge on any atom is -0.384 e. The molecule has 3 rings (SSSR count). The van der Waals surface area contributed by atoms with E-state index in [0.29, 0.717) is 6.61 Å². The molecule has 2 N–H and O–H groups in total. The van der Waals surface area contributed by atoms with Gasteiger partial charge in [-0.25, -0.2) is 0 Å². The van der Waals surface area contributed by atoms with Gasteiger partial charge in [-0.05, 0) is 37.1 Å². The average Bonchev–Trinajstić information content (AvgIpc) is 3.12. The van der Waals surface area contributed by atoms with Crippen LogP contribution in [0.1, 0.15) is 12.8 Å². The van der Waals surface area contributed by atoms with Crippen LogP contribution >= 0.6 is 0 Å². The maximum Gasteiger partial charge on any atom is 0.253 e. The van der Waals surface area contributed by atoms with E-state index in [2.05, 4.69) is 15.5 Å². The van der Waals surface area contributed by atoms with E-state index in [1.165, 1.54) is 0 Å². The number of morpholine rings is 1. The van der Waals surface area contributed by atoms with E-state index in [9.17, 15) is 4.79 Å². The zero-order chi connectivity index (χ0) is 15.9. The summed E-state index contributed by atoms with van der Waals surface area (Å²) in [5.74, 6) is -0.0458. The van der Waals surface area contributed by atoms with E-state index in [1.54, 1.807) is 0 Å². The number of anilines is 2. The first kappa shape index (κ1) is 16.2. The van der Waals surface area contributed by atoms with Crippen LogP contribution in [0, 0.1) is 0 Å². The summed E-state index contributed by atoms with van der Waals surface area (Å²) in [6.45, 7) is 6.29. The molecule has 2 aliphatic rings. The normalized spacial score (nSPS) is 22.0. The summed E-state index contributed by atoms with van der Waals surface area (Å²) in [5, 5.41) is 6.31. The van der Waals surface area contributed by atoms with Gasteiger partial charge < -0.3 is 20.1 Å². The molecule has 1 aromatic carbocycles. The quantitative estimate of drug-likeness (QED) is 0.833. The lowest BCUT2D eigenvalue weighted by Crippen LogP contribution is -2.38. The minimum absolute atomic E-state index is 0.0458. The zero-order valence-corrected chi connectivity index (χ0v) is 13.4. The summed E-state index contributed by atoms with van der Waals surface area (Å²) in [5.41, 5.74) is 1.87. The number of carbonyl (C=O) groups is 1. The van der Waals surface area contributed by atoms with E-state index in [1.807, 2.05) is 24.3 Å². The summed E-state index contributed by atoms with van der Waals surface area (Å²) in [7, 11) is 0.